The predicted octanol–water partition coefficient (Wildman–Crippen LogP) is 13.2. The summed E-state index contributed by atoms with van der Waals surface area (Å²) in [5.41, 5.74) is 8.65. The van der Waals surface area contributed by atoms with Crippen molar-refractivity contribution in [3.8, 4) is 51.0 Å². The molecular weight excluding hydrogens is 677 g/mol. The summed E-state index contributed by atoms with van der Waals surface area (Å²) >= 11 is 1.79. The second-order valence-electron chi connectivity index (χ2n) is 13.6. The molecule has 0 fully saturated rings. The van der Waals surface area contributed by atoms with E-state index >= 15 is 0 Å². The van der Waals surface area contributed by atoms with E-state index in [0.29, 0.717) is 17.5 Å². The highest BCUT2D eigenvalue weighted by molar-refractivity contribution is 7.26. The second kappa shape index (κ2) is 12.3. The third-order valence-electron chi connectivity index (χ3n) is 10.4. The number of thiophene rings is 1. The first kappa shape index (κ1) is 30.7. The zero-order chi connectivity index (χ0) is 35.6. The first-order valence-corrected chi connectivity index (χ1v) is 18.9. The maximum absolute atomic E-state index is 5.23. The second-order valence-corrected chi connectivity index (χ2v) is 14.7. The van der Waals surface area contributed by atoms with Gasteiger partial charge >= 0.3 is 0 Å². The Morgan fingerprint density at radius 1 is 0.389 bits per heavy atom. The summed E-state index contributed by atoms with van der Waals surface area (Å²) in [6, 6.07) is 64.5. The molecule has 0 bridgehead atoms. The standard InChI is InChI=1S/C49H30N4S/c1-4-14-31(15-5-1)35-25-26-42-40(28-35)45-37-21-11-10-16-32(37)24-27-43(45)53(42)36-29-39-38-22-12-13-23-44(38)54-46(39)41(30-36)49-51-47(33-17-6-2-7-18-33)50-48(52-49)34-19-8-3-9-20-34/h1-30H. The SMILES string of the molecule is c1ccc(-c2ccc3c(c2)c2c4ccccc4ccc2n3-c2cc(-c3nc(-c4ccccc4)nc(-c4ccccc4)n3)c3sc4ccccc4c3c2)cc1. The van der Waals surface area contributed by atoms with Gasteiger partial charge < -0.3 is 4.57 Å². The van der Waals surface area contributed by atoms with Gasteiger partial charge in [-0.3, -0.25) is 0 Å². The molecule has 11 aromatic rings. The Bertz CT molecular complexity index is 3140. The van der Waals surface area contributed by atoms with E-state index in [0.717, 1.165) is 38.1 Å². The van der Waals surface area contributed by atoms with Gasteiger partial charge in [-0.15, -0.1) is 11.3 Å². The van der Waals surface area contributed by atoms with Crippen LogP contribution in [0.25, 0.3) is 104 Å². The van der Waals surface area contributed by atoms with Crippen molar-refractivity contribution in [2.45, 2.75) is 0 Å². The van der Waals surface area contributed by atoms with Crippen molar-refractivity contribution in [2.75, 3.05) is 0 Å². The van der Waals surface area contributed by atoms with Crippen LogP contribution in [0, 0.1) is 0 Å². The van der Waals surface area contributed by atoms with Crippen molar-refractivity contribution >= 4 is 64.1 Å². The van der Waals surface area contributed by atoms with E-state index in [9.17, 15) is 0 Å². The van der Waals surface area contributed by atoms with Crippen LogP contribution in [0.1, 0.15) is 0 Å². The van der Waals surface area contributed by atoms with E-state index in [-0.39, 0.29) is 0 Å². The maximum atomic E-state index is 5.23. The van der Waals surface area contributed by atoms with Crippen LogP contribution in [0.15, 0.2) is 182 Å². The smallest absolute Gasteiger partial charge is 0.165 e. The highest BCUT2D eigenvalue weighted by atomic mass is 32.1. The van der Waals surface area contributed by atoms with Crippen molar-refractivity contribution in [3.63, 3.8) is 0 Å². The fourth-order valence-corrected chi connectivity index (χ4v) is 9.11. The minimum absolute atomic E-state index is 0.649. The Labute approximate surface area is 315 Å². The van der Waals surface area contributed by atoms with E-state index in [1.165, 1.54) is 48.1 Å². The van der Waals surface area contributed by atoms with Crippen molar-refractivity contribution in [1.29, 1.82) is 0 Å². The Balaban J connectivity index is 1.24. The average Bonchev–Trinajstić information content (AvgIpc) is 3.80. The third kappa shape index (κ3) is 4.94. The molecule has 0 saturated carbocycles. The summed E-state index contributed by atoms with van der Waals surface area (Å²) in [6.07, 6.45) is 0. The molecule has 0 N–H and O–H groups in total. The minimum Gasteiger partial charge on any atom is -0.309 e. The average molecular weight is 707 g/mol. The zero-order valence-electron chi connectivity index (χ0n) is 29.0. The van der Waals surface area contributed by atoms with Gasteiger partial charge in [0.1, 0.15) is 0 Å². The molecule has 0 aliphatic heterocycles. The van der Waals surface area contributed by atoms with Crippen LogP contribution in [-0.4, -0.2) is 19.5 Å². The molecule has 5 heteroatoms. The Kier molecular flexibility index (Phi) is 7.00. The van der Waals surface area contributed by atoms with E-state index < -0.39 is 0 Å². The number of benzene rings is 8. The highest BCUT2D eigenvalue weighted by Crippen LogP contribution is 2.44. The predicted molar refractivity (Wildman–Crippen MR) is 226 cm³/mol. The van der Waals surface area contributed by atoms with Gasteiger partial charge in [0.25, 0.3) is 0 Å². The molecular formula is C49H30N4S. The topological polar surface area (TPSA) is 43.6 Å². The fourth-order valence-electron chi connectivity index (χ4n) is 7.91. The molecule has 0 saturated heterocycles. The molecule has 0 aliphatic rings. The van der Waals surface area contributed by atoms with E-state index in [1.54, 1.807) is 11.3 Å². The number of rotatable bonds is 5. The Hall–Kier alpha value is -6.95. The number of hydrogen-bond acceptors (Lipinski definition) is 4. The van der Waals surface area contributed by atoms with Crippen molar-refractivity contribution in [1.82, 2.24) is 19.5 Å². The lowest BCUT2D eigenvalue weighted by atomic mass is 10.0. The summed E-state index contributed by atoms with van der Waals surface area (Å²) < 4.78 is 4.81. The first-order valence-electron chi connectivity index (χ1n) is 18.1. The van der Waals surface area contributed by atoms with E-state index in [1.807, 2.05) is 36.4 Å². The fraction of sp³-hybridized carbons (Fsp3) is 0. The van der Waals surface area contributed by atoms with Gasteiger partial charge in [0.15, 0.2) is 17.5 Å². The third-order valence-corrected chi connectivity index (χ3v) is 11.6. The number of hydrogen-bond donors (Lipinski definition) is 0. The van der Waals surface area contributed by atoms with Crippen LogP contribution < -0.4 is 0 Å². The zero-order valence-corrected chi connectivity index (χ0v) is 29.8. The first-order chi connectivity index (χ1) is 26.8. The molecule has 0 aliphatic carbocycles. The van der Waals surface area contributed by atoms with Crippen LogP contribution in [-0.2, 0) is 0 Å². The molecule has 3 aromatic heterocycles. The highest BCUT2D eigenvalue weighted by Gasteiger charge is 2.21. The Morgan fingerprint density at radius 2 is 0.981 bits per heavy atom. The van der Waals surface area contributed by atoms with Gasteiger partial charge in [-0.1, -0.05) is 146 Å². The Morgan fingerprint density at radius 3 is 1.70 bits per heavy atom. The van der Waals surface area contributed by atoms with Crippen LogP contribution in [0.3, 0.4) is 0 Å². The maximum Gasteiger partial charge on any atom is 0.165 e. The summed E-state index contributed by atoms with van der Waals surface area (Å²) in [5.74, 6) is 1.95. The lowest BCUT2D eigenvalue weighted by Crippen LogP contribution is -2.01. The molecule has 0 spiro atoms. The van der Waals surface area contributed by atoms with Crippen molar-refractivity contribution in [2.24, 2.45) is 0 Å². The molecule has 54 heavy (non-hydrogen) atoms. The lowest BCUT2D eigenvalue weighted by Gasteiger charge is -2.13. The van der Waals surface area contributed by atoms with Gasteiger partial charge in [0, 0.05) is 53.3 Å². The summed E-state index contributed by atoms with van der Waals surface area (Å²) in [6.45, 7) is 0. The molecule has 0 amide bonds. The monoisotopic (exact) mass is 706 g/mol. The van der Waals surface area contributed by atoms with Crippen molar-refractivity contribution in [3.05, 3.63) is 182 Å². The van der Waals surface area contributed by atoms with Crippen LogP contribution >= 0.6 is 11.3 Å². The van der Waals surface area contributed by atoms with Gasteiger partial charge in [-0.05, 0) is 58.3 Å². The quantitative estimate of drug-likeness (QED) is 0.179. The lowest BCUT2D eigenvalue weighted by molar-refractivity contribution is 1.07. The molecule has 8 aromatic carbocycles. The van der Waals surface area contributed by atoms with Crippen molar-refractivity contribution < 1.29 is 0 Å². The number of aromatic nitrogens is 4. The summed E-state index contributed by atoms with van der Waals surface area (Å²) in [7, 11) is 0. The van der Waals surface area contributed by atoms with Crippen LogP contribution in [0.2, 0.25) is 0 Å². The molecule has 11 rings (SSSR count). The van der Waals surface area contributed by atoms with Gasteiger partial charge in [-0.25, -0.2) is 15.0 Å². The van der Waals surface area contributed by atoms with Crippen LogP contribution in [0.5, 0.6) is 0 Å². The van der Waals surface area contributed by atoms with E-state index in [4.69, 9.17) is 15.0 Å². The number of fused-ring (bicyclic) bond motifs is 8. The molecule has 252 valence electrons. The van der Waals surface area contributed by atoms with Gasteiger partial charge in [0.05, 0.1) is 11.0 Å². The normalized spacial score (nSPS) is 11.7. The summed E-state index contributed by atoms with van der Waals surface area (Å²) in [4.78, 5) is 15.5. The van der Waals surface area contributed by atoms with Gasteiger partial charge in [0.2, 0.25) is 0 Å². The molecule has 3 heterocycles. The molecule has 0 atom stereocenters. The van der Waals surface area contributed by atoms with E-state index in [2.05, 4.69) is 150 Å². The summed E-state index contributed by atoms with van der Waals surface area (Å²) in [5, 5.41) is 7.33. The number of nitrogens with zero attached hydrogens (tertiary/aromatic N) is 4. The minimum atomic E-state index is 0.649. The van der Waals surface area contributed by atoms with Gasteiger partial charge in [-0.2, -0.15) is 0 Å². The van der Waals surface area contributed by atoms with Crippen LogP contribution in [0.4, 0.5) is 0 Å². The molecule has 0 radical (unpaired) electrons. The largest absolute Gasteiger partial charge is 0.309 e. The molecule has 4 nitrogen and oxygen atoms in total. The molecule has 0 unspecified atom stereocenters.